The van der Waals surface area contributed by atoms with E-state index in [9.17, 15) is 24.0 Å². The zero-order valence-electron chi connectivity index (χ0n) is 47.7. The van der Waals surface area contributed by atoms with Gasteiger partial charge < -0.3 is 40.3 Å². The summed E-state index contributed by atoms with van der Waals surface area (Å²) in [6.45, 7) is 29.9. The molecule has 1 fully saturated rings. The van der Waals surface area contributed by atoms with E-state index in [4.69, 9.17) is 30.2 Å². The summed E-state index contributed by atoms with van der Waals surface area (Å²) in [5, 5.41) is 12.3. The van der Waals surface area contributed by atoms with Crippen LogP contribution in [0.4, 0.5) is 5.95 Å². The molecule has 3 aliphatic rings. The summed E-state index contributed by atoms with van der Waals surface area (Å²) in [5.74, 6) is 1.24. The van der Waals surface area contributed by atoms with Crippen LogP contribution in [-0.4, -0.2) is 105 Å². The van der Waals surface area contributed by atoms with E-state index in [0.717, 1.165) is 87.3 Å². The Hall–Kier alpha value is -8.35. The summed E-state index contributed by atoms with van der Waals surface area (Å²) >= 11 is 0. The number of anilines is 1. The van der Waals surface area contributed by atoms with Crippen molar-refractivity contribution in [3.8, 4) is 11.5 Å². The van der Waals surface area contributed by atoms with Crippen molar-refractivity contribution in [3.63, 3.8) is 0 Å². The Morgan fingerprint density at radius 2 is 1.60 bits per heavy atom. The molecular formula is C61H78N12O7. The largest absolute Gasteiger partial charge is 0.494 e. The number of aliphatic imine (C=N–C) groups is 2. The molecule has 1 saturated heterocycles. The Morgan fingerprint density at radius 1 is 0.887 bits per heavy atom. The number of carbonyl (C=O) groups excluding carboxylic acids is 5. The van der Waals surface area contributed by atoms with Crippen molar-refractivity contribution in [2.24, 2.45) is 21.6 Å². The number of benzene rings is 2. The molecule has 0 aliphatic carbocycles. The number of amidine groups is 1. The highest BCUT2D eigenvalue weighted by molar-refractivity contribution is 6.10. The topological polar surface area (TPSA) is 242 Å². The molecule has 19 heteroatoms. The lowest BCUT2D eigenvalue weighted by atomic mass is 10.00. The number of carbonyl (C=O) groups is 5. The number of ether oxygens (including phenoxy) is 2. The molecule has 1 unspecified atom stereocenters. The number of Topliss-reactive ketones (excluding diaryl/α,β-unsaturated/α-hetero) is 1. The molecule has 7 rings (SSSR count). The predicted molar refractivity (Wildman–Crippen MR) is 317 cm³/mol. The highest BCUT2D eigenvalue weighted by Crippen LogP contribution is 2.36. The highest BCUT2D eigenvalue weighted by atomic mass is 16.5. The minimum absolute atomic E-state index is 0.0155. The minimum Gasteiger partial charge on any atom is -0.494 e. The van der Waals surface area contributed by atoms with Gasteiger partial charge in [-0.15, -0.1) is 0 Å². The zero-order chi connectivity index (χ0) is 57.8. The van der Waals surface area contributed by atoms with Crippen LogP contribution in [0.1, 0.15) is 123 Å². The standard InChI is InChI=1S/C61H78N12O7/c1-12-15-21-63-53-32-45(47(13-2)67-53)37(6)25-54-68-49-29-43(41(10)62)31-52(80-24-19-16-20-44(74)34-64-40(9)33-65-55(75)35-73-56(76)26-38(7)60(73)78)58(49)71(54)22-17-18-23-72-57-50(28-42(36(4)5)30-51(57)79-11)69-61(72)70-59(77)46-27-39(8)66-48(46)14-3/h17-18,28-31,38,64H,4,6,9-10,12-16,19-27,32-35,62H2,1-3,5,7-8,11H3,(H,63,67)(H,65,75)(H,69,70,77)/b18-17+. The van der Waals surface area contributed by atoms with Gasteiger partial charge in [-0.3, -0.25) is 44.2 Å². The maximum absolute atomic E-state index is 14.0. The number of amides is 4. The third-order valence-electron chi connectivity index (χ3n) is 14.3. The van der Waals surface area contributed by atoms with Crippen molar-refractivity contribution in [1.82, 2.24) is 40.0 Å². The van der Waals surface area contributed by atoms with E-state index < -0.39 is 11.8 Å². The van der Waals surface area contributed by atoms with Crippen LogP contribution < -0.4 is 36.5 Å². The Kier molecular flexibility index (Phi) is 20.0. The van der Waals surface area contributed by atoms with Crippen molar-refractivity contribution in [1.29, 1.82) is 0 Å². The summed E-state index contributed by atoms with van der Waals surface area (Å²) < 4.78 is 16.6. The van der Waals surface area contributed by atoms with E-state index in [1.807, 2.05) is 55.7 Å². The van der Waals surface area contributed by atoms with Gasteiger partial charge in [-0.1, -0.05) is 78.2 Å². The van der Waals surface area contributed by atoms with Crippen LogP contribution >= 0.6 is 0 Å². The lowest BCUT2D eigenvalue weighted by molar-refractivity contribution is -0.143. The van der Waals surface area contributed by atoms with Gasteiger partial charge in [-0.25, -0.2) is 9.97 Å². The molecule has 4 aromatic rings. The van der Waals surface area contributed by atoms with Gasteiger partial charge in [0, 0.05) is 97.3 Å². The molecule has 2 aromatic heterocycles. The molecule has 3 aliphatic heterocycles. The Bertz CT molecular complexity index is 3310. The van der Waals surface area contributed by atoms with Gasteiger partial charge in [0.05, 0.1) is 37.8 Å². The molecule has 4 amide bonds. The number of nitrogens with two attached hydrogens (primary N) is 1. The number of methoxy groups -OCH3 is 1. The summed E-state index contributed by atoms with van der Waals surface area (Å²) in [5.41, 5.74) is 17.7. The summed E-state index contributed by atoms with van der Waals surface area (Å²) in [6, 6.07) is 7.67. The third-order valence-corrected chi connectivity index (χ3v) is 14.3. The number of nitrogens with one attached hydrogen (secondary N) is 4. The van der Waals surface area contributed by atoms with Gasteiger partial charge in [0.1, 0.15) is 40.7 Å². The lowest BCUT2D eigenvalue weighted by Gasteiger charge is -2.15. The first kappa shape index (κ1) is 59.3. The number of unbranched alkanes of at least 4 members (excludes halogenated alkanes) is 2. The Labute approximate surface area is 469 Å². The van der Waals surface area contributed by atoms with Crippen molar-refractivity contribution in [2.75, 3.05) is 45.2 Å². The summed E-state index contributed by atoms with van der Waals surface area (Å²) in [7, 11) is 1.62. The first-order valence-corrected chi connectivity index (χ1v) is 27.7. The van der Waals surface area contributed by atoms with Crippen molar-refractivity contribution in [3.05, 3.63) is 113 Å². The van der Waals surface area contributed by atoms with Crippen molar-refractivity contribution < 1.29 is 33.4 Å². The molecule has 424 valence electrons. The van der Waals surface area contributed by atoms with E-state index in [1.165, 1.54) is 0 Å². The number of likely N-dealkylation sites (tertiary alicyclic amines) is 1. The summed E-state index contributed by atoms with van der Waals surface area (Å²) in [6.07, 6.45) is 10.6. The number of nitrogens with zero attached hydrogens (tertiary/aromatic N) is 7. The second-order valence-electron chi connectivity index (χ2n) is 20.7. The van der Waals surface area contributed by atoms with Crippen molar-refractivity contribution in [2.45, 2.75) is 125 Å². The van der Waals surface area contributed by atoms with E-state index in [2.05, 4.69) is 77.1 Å². The van der Waals surface area contributed by atoms with Gasteiger partial charge in [0.2, 0.25) is 23.7 Å². The zero-order valence-corrected chi connectivity index (χ0v) is 47.7. The fourth-order valence-corrected chi connectivity index (χ4v) is 9.92. The van der Waals surface area contributed by atoms with Crippen LogP contribution in [0.25, 0.3) is 33.3 Å². The molecule has 0 spiro atoms. The smallest absolute Gasteiger partial charge is 0.256 e. The average molecular weight is 1090 g/mol. The fourth-order valence-electron chi connectivity index (χ4n) is 9.92. The number of rotatable bonds is 30. The van der Waals surface area contributed by atoms with E-state index >= 15 is 0 Å². The van der Waals surface area contributed by atoms with Gasteiger partial charge >= 0.3 is 0 Å². The highest BCUT2D eigenvalue weighted by Gasteiger charge is 2.36. The number of imidazole rings is 2. The number of allylic oxidation sites excluding steroid dienone is 6. The predicted octanol–water partition coefficient (Wildman–Crippen LogP) is 8.77. The van der Waals surface area contributed by atoms with Crippen LogP contribution in [0.2, 0.25) is 0 Å². The van der Waals surface area contributed by atoms with Gasteiger partial charge in [-0.05, 0) is 86.9 Å². The minimum atomic E-state index is -0.494. The van der Waals surface area contributed by atoms with E-state index in [0.29, 0.717) is 108 Å². The number of aromatic nitrogens is 4. The molecule has 0 saturated carbocycles. The molecule has 2 aromatic carbocycles. The van der Waals surface area contributed by atoms with Gasteiger partial charge in [-0.2, -0.15) is 0 Å². The van der Waals surface area contributed by atoms with E-state index in [-0.39, 0.29) is 62.6 Å². The monoisotopic (exact) mass is 1090 g/mol. The number of hydrogen-bond donors (Lipinski definition) is 5. The molecule has 5 heterocycles. The maximum Gasteiger partial charge on any atom is 0.256 e. The molecule has 1 atom stereocenters. The second kappa shape index (κ2) is 27.0. The van der Waals surface area contributed by atoms with Crippen LogP contribution in [0.5, 0.6) is 11.5 Å². The van der Waals surface area contributed by atoms with Crippen LogP contribution in [0, 0.1) is 5.92 Å². The molecule has 0 radical (unpaired) electrons. The first-order chi connectivity index (χ1) is 38.3. The number of fused-ring (bicyclic) bond motifs is 2. The van der Waals surface area contributed by atoms with Crippen LogP contribution in [0.3, 0.4) is 0 Å². The molecule has 0 bridgehead atoms. The molecule has 19 nitrogen and oxygen atoms in total. The van der Waals surface area contributed by atoms with Crippen LogP contribution in [0.15, 0.2) is 107 Å². The molecule has 6 N–H and O–H groups in total. The molecule has 80 heavy (non-hydrogen) atoms. The quantitative estimate of drug-likeness (QED) is 0.0187. The number of ketones is 1. The number of imide groups is 1. The first-order valence-electron chi connectivity index (χ1n) is 27.7. The normalized spacial score (nSPS) is 15.9. The maximum atomic E-state index is 14.0. The van der Waals surface area contributed by atoms with Crippen molar-refractivity contribution >= 4 is 80.2 Å². The summed E-state index contributed by atoms with van der Waals surface area (Å²) in [4.78, 5) is 84.3. The fraction of sp³-hybridized carbons (Fsp3) is 0.426. The lowest BCUT2D eigenvalue weighted by Crippen LogP contribution is -2.42. The van der Waals surface area contributed by atoms with E-state index in [1.54, 1.807) is 14.0 Å². The number of hydrogen-bond acceptors (Lipinski definition) is 13. The third kappa shape index (κ3) is 14.3. The molecular weight excluding hydrogens is 1010 g/mol. The Morgan fingerprint density at radius 3 is 2.27 bits per heavy atom. The second-order valence-corrected chi connectivity index (χ2v) is 20.7. The SMILES string of the molecule is C=C(CNC(=O)CN1C(=O)CC(C)C1=O)NCC(=O)CCCCOc1cc(C(=C)N)cc2nc(CC(=C)C3=C(CC)NC(=NCCCC)C3)n(C/C=C/Cn3c(NC(=O)C4=C(CC)N=C(C)C4)nc4cc(C(=C)C)cc(OC)c43)c12. The Balaban J connectivity index is 1.11. The van der Waals surface area contributed by atoms with Gasteiger partial charge in [0.25, 0.3) is 5.91 Å². The van der Waals surface area contributed by atoms with Gasteiger partial charge in [0.15, 0.2) is 5.78 Å². The average Bonchev–Trinajstić information content (AvgIpc) is 4.40. The van der Waals surface area contributed by atoms with Crippen LogP contribution in [-0.2, 0) is 43.5 Å².